The third kappa shape index (κ3) is 14.9. The van der Waals surface area contributed by atoms with E-state index in [0.717, 1.165) is 50.3 Å². The van der Waals surface area contributed by atoms with Gasteiger partial charge in [0.25, 0.3) is 0 Å². The molecule has 4 aromatic heterocycles. The summed E-state index contributed by atoms with van der Waals surface area (Å²) in [4.78, 5) is 0. The molecule has 0 aliphatic carbocycles. The summed E-state index contributed by atoms with van der Waals surface area (Å²) in [7, 11) is 8.03. The lowest BCUT2D eigenvalue weighted by Gasteiger charge is -2.12. The molecule has 12 rings (SSSR count). The van der Waals surface area contributed by atoms with Gasteiger partial charge in [0.05, 0.1) is 0 Å². The van der Waals surface area contributed by atoms with Crippen molar-refractivity contribution in [2.24, 2.45) is 28.2 Å². The highest BCUT2D eigenvalue weighted by Gasteiger charge is 2.20. The molecule has 0 N–H and O–H groups in total. The van der Waals surface area contributed by atoms with E-state index < -0.39 is 13.7 Å². The van der Waals surface area contributed by atoms with Gasteiger partial charge in [0, 0.05) is 77.0 Å². The molecule has 88 heavy (non-hydrogen) atoms. The summed E-state index contributed by atoms with van der Waals surface area (Å²) in [5.74, 6) is 0. The molecule has 440 valence electrons. The molecule has 8 aromatic carbocycles. The summed E-state index contributed by atoms with van der Waals surface area (Å²) in [6, 6.07) is 76.0. The lowest BCUT2D eigenvalue weighted by atomic mass is 9.93. The Kier molecular flexibility index (Phi) is 17.6. The van der Waals surface area contributed by atoms with Gasteiger partial charge in [-0.15, -0.1) is 0 Å². The van der Waals surface area contributed by atoms with Crippen LogP contribution in [-0.2, 0) is 28.2 Å². The van der Waals surface area contributed by atoms with Crippen LogP contribution in [-0.4, -0.2) is 0 Å². The van der Waals surface area contributed by atoms with Crippen molar-refractivity contribution in [1.29, 1.82) is 0 Å². The van der Waals surface area contributed by atoms with E-state index >= 15 is 0 Å². The van der Waals surface area contributed by atoms with Crippen LogP contribution in [0.5, 0.6) is 0 Å². The maximum Gasteiger partial charge on any atom is 0.212 e. The predicted octanol–water partition coefficient (Wildman–Crippen LogP) is 19.1. The van der Waals surface area contributed by atoms with Gasteiger partial charge in [-0.05, 0) is 208 Å². The number of hydrogen-bond donors (Lipinski definition) is 0. The normalized spacial score (nSPS) is 12.0. The number of aromatic nitrogens is 4. The zero-order valence-corrected chi connectivity index (χ0v) is 53.9. The molecule has 4 heteroatoms. The second-order valence-corrected chi connectivity index (χ2v) is 23.6. The lowest BCUT2D eigenvalue weighted by Crippen LogP contribution is -2.31. The molecule has 4 nitrogen and oxygen atoms in total. The van der Waals surface area contributed by atoms with Crippen molar-refractivity contribution in [3.05, 3.63) is 310 Å². The molecule has 0 aliphatic heterocycles. The molecule has 0 fully saturated rings. The zero-order chi connectivity index (χ0) is 67.8. The molecule has 0 aliphatic rings. The van der Waals surface area contributed by atoms with Gasteiger partial charge >= 0.3 is 0 Å². The minimum absolute atomic E-state index is 0.352. The van der Waals surface area contributed by atoms with Crippen LogP contribution in [0.2, 0.25) is 0 Å². The van der Waals surface area contributed by atoms with Gasteiger partial charge < -0.3 is 0 Å². The first-order chi connectivity index (χ1) is 44.7. The van der Waals surface area contributed by atoms with E-state index in [1.165, 1.54) is 94.8 Å². The topological polar surface area (TPSA) is 15.5 Å². The Morgan fingerprint density at radius 3 is 0.977 bits per heavy atom. The van der Waals surface area contributed by atoms with Gasteiger partial charge in [-0.1, -0.05) is 158 Å². The zero-order valence-electron chi connectivity index (χ0n) is 59.9. The number of aryl methyl sites for hydroxylation is 16. The third-order valence-corrected chi connectivity index (χ3v) is 16.7. The average Bonchev–Trinajstić information content (AvgIpc) is 0.814. The van der Waals surface area contributed by atoms with Crippen molar-refractivity contribution in [2.75, 3.05) is 0 Å². The Morgan fingerprint density at radius 2 is 0.557 bits per heavy atom. The fourth-order valence-corrected chi connectivity index (χ4v) is 11.6. The van der Waals surface area contributed by atoms with Crippen LogP contribution in [0.25, 0.3) is 89.5 Å². The van der Waals surface area contributed by atoms with Crippen LogP contribution < -0.4 is 18.3 Å². The van der Waals surface area contributed by atoms with E-state index in [-0.39, 0.29) is 0 Å². The Balaban J connectivity index is 0.000000148. The molecule has 0 bridgehead atoms. The van der Waals surface area contributed by atoms with E-state index in [9.17, 15) is 0 Å². The smallest absolute Gasteiger partial charge is 0.201 e. The van der Waals surface area contributed by atoms with E-state index in [4.69, 9.17) is 8.22 Å². The number of benzene rings is 8. The van der Waals surface area contributed by atoms with Crippen LogP contribution in [0.4, 0.5) is 0 Å². The van der Waals surface area contributed by atoms with Crippen molar-refractivity contribution < 1.29 is 26.5 Å². The van der Waals surface area contributed by atoms with Gasteiger partial charge in [0.2, 0.25) is 22.8 Å². The quantitative estimate of drug-likeness (QED) is 0.135. The first kappa shape index (κ1) is 55.0. The summed E-state index contributed by atoms with van der Waals surface area (Å²) in [6.07, 6.45) is 7.81. The van der Waals surface area contributed by atoms with Gasteiger partial charge in [-0.2, -0.15) is 0 Å². The standard InChI is InChI=1S/C22H24N.2C21H22N.C20H20N/c1-15-12-22(23(5)14-18(15)4)21-13-20(16(2)11-17(21)3)19-9-7-6-8-10-19;1-15-10-11-19(18-8-6-5-7-9-18)13-20(15)21-12-16(2)17(3)14-22(21)4;1-15-10-11-21(22(4)14-15)20-13-19(16(2)12-17(20)3)18-8-6-5-7-9-18;1-15-9-12-20(21(3)14-15)19-13-18(11-10-16(19)2)17-7-5-4-6-8-17/h6-14H,1-5H3;2*5-14H,1-4H3;4-14H,1-3H3/q4*+1/i;3D3;;1D3. The highest BCUT2D eigenvalue weighted by Crippen LogP contribution is 2.34. The van der Waals surface area contributed by atoms with E-state index in [1.54, 1.807) is 18.5 Å². The molecule has 0 radical (unpaired) electrons. The van der Waals surface area contributed by atoms with Gasteiger partial charge in [0.15, 0.2) is 24.8 Å². The lowest BCUT2D eigenvalue weighted by molar-refractivity contribution is -0.660. The molecule has 0 amide bonds. The fraction of sp³-hybridized carbons (Fsp3) is 0.190. The predicted molar refractivity (Wildman–Crippen MR) is 371 cm³/mol. The maximum absolute atomic E-state index is 7.69. The van der Waals surface area contributed by atoms with E-state index in [1.807, 2.05) is 78.7 Å². The minimum atomic E-state index is -2.10. The van der Waals surface area contributed by atoms with Crippen LogP contribution >= 0.6 is 0 Å². The Hall–Kier alpha value is -9.64. The Labute approximate surface area is 534 Å². The second kappa shape index (κ2) is 28.3. The summed E-state index contributed by atoms with van der Waals surface area (Å²) in [5.41, 5.74) is 32.2. The van der Waals surface area contributed by atoms with Gasteiger partial charge in [0.1, 0.15) is 28.2 Å². The van der Waals surface area contributed by atoms with Crippen molar-refractivity contribution in [2.45, 2.75) is 82.9 Å². The molecule has 0 saturated carbocycles. The van der Waals surface area contributed by atoms with Crippen molar-refractivity contribution in [3.8, 4) is 89.5 Å². The summed E-state index contributed by atoms with van der Waals surface area (Å²) < 4.78 is 54.0. The summed E-state index contributed by atoms with van der Waals surface area (Å²) in [6.45, 7) is 17.1. The van der Waals surface area contributed by atoms with Gasteiger partial charge in [-0.3, -0.25) is 0 Å². The van der Waals surface area contributed by atoms with Crippen molar-refractivity contribution in [1.82, 2.24) is 0 Å². The van der Waals surface area contributed by atoms with Crippen LogP contribution in [0.3, 0.4) is 0 Å². The fourth-order valence-electron chi connectivity index (χ4n) is 11.6. The van der Waals surface area contributed by atoms with Gasteiger partial charge in [-0.25, -0.2) is 18.3 Å². The number of nitrogens with zero attached hydrogens (tertiary/aromatic N) is 4. The first-order valence-corrected chi connectivity index (χ1v) is 30.3. The monoisotopic (exact) mass is 1160 g/mol. The molecular formula is C84H88N4+4. The summed E-state index contributed by atoms with van der Waals surface area (Å²) >= 11 is 0. The van der Waals surface area contributed by atoms with E-state index in [2.05, 4.69) is 262 Å². The Bertz CT molecular complexity index is 4650. The third-order valence-electron chi connectivity index (χ3n) is 16.7. The molecule has 0 atom stereocenters. The first-order valence-electron chi connectivity index (χ1n) is 33.3. The molecule has 0 spiro atoms. The number of hydrogen-bond acceptors (Lipinski definition) is 0. The Morgan fingerprint density at radius 1 is 0.216 bits per heavy atom. The summed E-state index contributed by atoms with van der Waals surface area (Å²) in [5, 5.41) is 0. The minimum Gasteiger partial charge on any atom is -0.201 e. The maximum atomic E-state index is 7.69. The SMILES string of the molecule is Cc1cc(-c2cc(-c3ccccc3)c(C)cc2C)[n+](C)cc1C.Cc1ccc(-c2cc(-c3ccccc3)c(C)cc2C)[n+](C)c1.[2H]C([2H])([2H])c1c[n+](C)c(-c2cc(-c3ccccc3)ccc2C)cc1C.[2H]C([2H])([2H])c1ccc(-c2cc(-c3ccccc3)ccc2C)[n+](C)c1. The highest BCUT2D eigenvalue weighted by molar-refractivity contribution is 5.78. The molecule has 0 unspecified atom stereocenters. The van der Waals surface area contributed by atoms with Crippen LogP contribution in [0.1, 0.15) is 75.0 Å². The largest absolute Gasteiger partial charge is 0.212 e. The molecule has 4 heterocycles. The average molecular weight is 1160 g/mol. The van der Waals surface area contributed by atoms with Crippen LogP contribution in [0.15, 0.2) is 243 Å². The molecule has 0 saturated heterocycles. The highest BCUT2D eigenvalue weighted by atomic mass is 14.9. The van der Waals surface area contributed by atoms with E-state index in [0.29, 0.717) is 11.1 Å². The van der Waals surface area contributed by atoms with Crippen molar-refractivity contribution >= 4 is 0 Å². The molecule has 12 aromatic rings. The van der Waals surface area contributed by atoms with Crippen LogP contribution in [0, 0.1) is 82.9 Å². The molecular weight excluding hydrogens is 1060 g/mol. The second-order valence-electron chi connectivity index (χ2n) is 23.6. The number of rotatable bonds is 8. The number of pyridine rings is 4. The van der Waals surface area contributed by atoms with Crippen molar-refractivity contribution in [3.63, 3.8) is 0 Å².